The van der Waals surface area contributed by atoms with E-state index in [2.05, 4.69) is 4.98 Å². The predicted molar refractivity (Wildman–Crippen MR) is 113 cm³/mol. The number of rotatable bonds is 3. The molecule has 0 radical (unpaired) electrons. The summed E-state index contributed by atoms with van der Waals surface area (Å²) in [4.78, 5) is 4.55. The summed E-state index contributed by atoms with van der Waals surface area (Å²) in [7, 11) is 1.64. The van der Waals surface area contributed by atoms with Gasteiger partial charge in [0.15, 0.2) is 0 Å². The maximum atomic E-state index is 14.1. The summed E-state index contributed by atoms with van der Waals surface area (Å²) in [5.41, 5.74) is 5.32. The van der Waals surface area contributed by atoms with Crippen molar-refractivity contribution in [2.24, 2.45) is 0 Å². The summed E-state index contributed by atoms with van der Waals surface area (Å²) in [6.07, 6.45) is 1.81. The Morgan fingerprint density at radius 1 is 0.931 bits per heavy atom. The molecule has 4 nitrogen and oxygen atoms in total. The van der Waals surface area contributed by atoms with Crippen LogP contribution in [0.25, 0.3) is 38.8 Å². The molecule has 0 atom stereocenters. The molecule has 0 aliphatic rings. The Bertz CT molecular complexity index is 1360. The third-order valence-corrected chi connectivity index (χ3v) is 5.09. The molecule has 3 aromatic carbocycles. The molecule has 0 aliphatic carbocycles. The summed E-state index contributed by atoms with van der Waals surface area (Å²) < 4.78 is 21.4. The number of hydrogen-bond donors (Lipinski definition) is 0. The van der Waals surface area contributed by atoms with Gasteiger partial charge in [-0.15, -0.1) is 0 Å². The Labute approximate surface area is 167 Å². The van der Waals surface area contributed by atoms with Gasteiger partial charge in [0.05, 0.1) is 23.8 Å². The summed E-state index contributed by atoms with van der Waals surface area (Å²) >= 11 is 0. The van der Waals surface area contributed by atoms with Crippen molar-refractivity contribution in [3.8, 4) is 22.7 Å². The van der Waals surface area contributed by atoms with Gasteiger partial charge in [-0.25, -0.2) is 9.07 Å². The topological polar surface area (TPSA) is 39.9 Å². The SMILES string of the molecule is COc1cccc(-c2nn(-c3ccc(C)cc3)c3c2cnc2ccc(F)cc23)c1. The Morgan fingerprint density at radius 3 is 2.55 bits per heavy atom. The standard InChI is InChI=1S/C24H18FN3O/c1-15-6-9-18(10-7-15)28-24-20-13-17(25)8-11-22(20)26-14-21(24)23(27-28)16-4-3-5-19(12-16)29-2/h3-14H,1-2H3. The van der Waals surface area contributed by atoms with E-state index in [1.54, 1.807) is 13.2 Å². The fourth-order valence-corrected chi connectivity index (χ4v) is 3.61. The molecule has 5 rings (SSSR count). The molecular weight excluding hydrogens is 365 g/mol. The summed E-state index contributed by atoms with van der Waals surface area (Å²) in [6.45, 7) is 2.04. The smallest absolute Gasteiger partial charge is 0.124 e. The molecule has 0 unspecified atom stereocenters. The number of aryl methyl sites for hydroxylation is 1. The molecule has 29 heavy (non-hydrogen) atoms. The lowest BCUT2D eigenvalue weighted by Crippen LogP contribution is -1.97. The fourth-order valence-electron chi connectivity index (χ4n) is 3.61. The average Bonchev–Trinajstić information content (AvgIpc) is 3.14. The van der Waals surface area contributed by atoms with Crippen molar-refractivity contribution in [1.29, 1.82) is 0 Å². The lowest BCUT2D eigenvalue weighted by Gasteiger charge is -2.06. The van der Waals surface area contributed by atoms with Gasteiger partial charge in [-0.05, 0) is 49.4 Å². The van der Waals surface area contributed by atoms with Crippen molar-refractivity contribution in [2.75, 3.05) is 7.11 Å². The van der Waals surface area contributed by atoms with Gasteiger partial charge in [-0.3, -0.25) is 4.98 Å². The predicted octanol–water partition coefficient (Wildman–Crippen LogP) is 5.70. The fraction of sp³-hybridized carbons (Fsp3) is 0.0833. The molecule has 0 fully saturated rings. The van der Waals surface area contributed by atoms with E-state index in [9.17, 15) is 4.39 Å². The van der Waals surface area contributed by atoms with Gasteiger partial charge in [-0.2, -0.15) is 5.10 Å². The first-order chi connectivity index (χ1) is 14.1. The second-order valence-corrected chi connectivity index (χ2v) is 7.01. The van der Waals surface area contributed by atoms with E-state index in [4.69, 9.17) is 9.84 Å². The van der Waals surface area contributed by atoms with Gasteiger partial charge in [0, 0.05) is 22.5 Å². The monoisotopic (exact) mass is 383 g/mol. The molecule has 0 saturated carbocycles. The molecule has 142 valence electrons. The van der Waals surface area contributed by atoms with Crippen LogP contribution in [0, 0.1) is 12.7 Å². The molecule has 0 saturated heterocycles. The van der Waals surface area contributed by atoms with Gasteiger partial charge in [-0.1, -0.05) is 29.8 Å². The number of benzene rings is 3. The van der Waals surface area contributed by atoms with E-state index in [0.717, 1.165) is 50.1 Å². The van der Waals surface area contributed by atoms with Crippen LogP contribution < -0.4 is 4.74 Å². The highest BCUT2D eigenvalue weighted by molar-refractivity contribution is 6.08. The van der Waals surface area contributed by atoms with Crippen molar-refractivity contribution < 1.29 is 9.13 Å². The summed E-state index contributed by atoms with van der Waals surface area (Å²) in [6, 6.07) is 20.5. The van der Waals surface area contributed by atoms with Gasteiger partial charge in [0.1, 0.15) is 17.3 Å². The maximum absolute atomic E-state index is 14.1. The number of fused-ring (bicyclic) bond motifs is 3. The van der Waals surface area contributed by atoms with Gasteiger partial charge < -0.3 is 4.74 Å². The second-order valence-electron chi connectivity index (χ2n) is 7.01. The van der Waals surface area contributed by atoms with Crippen LogP contribution >= 0.6 is 0 Å². The minimum absolute atomic E-state index is 0.300. The van der Waals surface area contributed by atoms with Gasteiger partial charge >= 0.3 is 0 Å². The van der Waals surface area contributed by atoms with E-state index in [1.165, 1.54) is 12.1 Å². The third-order valence-electron chi connectivity index (χ3n) is 5.09. The van der Waals surface area contributed by atoms with Crippen molar-refractivity contribution in [3.63, 3.8) is 0 Å². The minimum Gasteiger partial charge on any atom is -0.497 e. The minimum atomic E-state index is -0.300. The number of hydrogen-bond acceptors (Lipinski definition) is 3. The van der Waals surface area contributed by atoms with E-state index in [0.29, 0.717) is 0 Å². The number of aromatic nitrogens is 3. The summed E-state index contributed by atoms with van der Waals surface area (Å²) in [5.74, 6) is 0.451. The third kappa shape index (κ3) is 2.91. The van der Waals surface area contributed by atoms with E-state index in [-0.39, 0.29) is 5.82 Å². The van der Waals surface area contributed by atoms with Crippen LogP contribution in [0.3, 0.4) is 0 Å². The molecule has 5 heteroatoms. The zero-order valence-corrected chi connectivity index (χ0v) is 16.1. The highest BCUT2D eigenvalue weighted by Gasteiger charge is 2.18. The zero-order valence-electron chi connectivity index (χ0n) is 16.1. The molecule has 0 aliphatic heterocycles. The number of ether oxygens (including phenoxy) is 1. The van der Waals surface area contributed by atoms with Crippen molar-refractivity contribution in [3.05, 3.63) is 84.3 Å². The van der Waals surface area contributed by atoms with Crippen LogP contribution in [0.5, 0.6) is 5.75 Å². The Kier molecular flexibility index (Phi) is 4.02. The molecule has 0 N–H and O–H groups in total. The second kappa shape index (κ2) is 6.71. The van der Waals surface area contributed by atoms with Crippen molar-refractivity contribution >= 4 is 21.8 Å². The maximum Gasteiger partial charge on any atom is 0.124 e. The largest absolute Gasteiger partial charge is 0.497 e. The summed E-state index contributed by atoms with van der Waals surface area (Å²) in [5, 5.41) is 6.50. The zero-order chi connectivity index (χ0) is 20.0. The highest BCUT2D eigenvalue weighted by atomic mass is 19.1. The van der Waals surface area contributed by atoms with Crippen molar-refractivity contribution in [1.82, 2.24) is 14.8 Å². The van der Waals surface area contributed by atoms with Crippen molar-refractivity contribution in [2.45, 2.75) is 6.92 Å². The molecule has 0 spiro atoms. The average molecular weight is 383 g/mol. The Balaban J connectivity index is 1.89. The lowest BCUT2D eigenvalue weighted by atomic mass is 10.1. The molecule has 2 heterocycles. The normalized spacial score (nSPS) is 11.3. The quantitative estimate of drug-likeness (QED) is 0.401. The van der Waals surface area contributed by atoms with Crippen LogP contribution in [0.1, 0.15) is 5.56 Å². The van der Waals surface area contributed by atoms with Gasteiger partial charge in [0.25, 0.3) is 0 Å². The van der Waals surface area contributed by atoms with E-state index in [1.807, 2.05) is 66.3 Å². The molecule has 5 aromatic rings. The molecule has 2 aromatic heterocycles. The number of pyridine rings is 1. The van der Waals surface area contributed by atoms with Crippen LogP contribution in [-0.2, 0) is 0 Å². The molecular formula is C24H18FN3O. The number of methoxy groups -OCH3 is 1. The van der Waals surface area contributed by atoms with E-state index >= 15 is 0 Å². The molecule has 0 amide bonds. The van der Waals surface area contributed by atoms with Crippen LogP contribution in [0.15, 0.2) is 72.9 Å². The van der Waals surface area contributed by atoms with Crippen LogP contribution in [-0.4, -0.2) is 21.9 Å². The van der Waals surface area contributed by atoms with Crippen LogP contribution in [0.4, 0.5) is 4.39 Å². The first-order valence-corrected chi connectivity index (χ1v) is 9.32. The van der Waals surface area contributed by atoms with Gasteiger partial charge in [0.2, 0.25) is 0 Å². The van der Waals surface area contributed by atoms with E-state index < -0.39 is 0 Å². The number of nitrogens with zero attached hydrogens (tertiary/aromatic N) is 3. The first-order valence-electron chi connectivity index (χ1n) is 9.32. The number of halogens is 1. The first kappa shape index (κ1) is 17.4. The van der Waals surface area contributed by atoms with Crippen LogP contribution in [0.2, 0.25) is 0 Å². The Hall–Kier alpha value is -3.73. The molecule has 0 bridgehead atoms. The Morgan fingerprint density at radius 2 is 1.76 bits per heavy atom. The highest BCUT2D eigenvalue weighted by Crippen LogP contribution is 2.35. The lowest BCUT2D eigenvalue weighted by molar-refractivity contribution is 0.415.